The Balaban J connectivity index is 1.23. The molecule has 20 heteroatoms. The van der Waals surface area contributed by atoms with Crippen molar-refractivity contribution in [1.82, 2.24) is 5.32 Å². The van der Waals surface area contributed by atoms with Crippen molar-refractivity contribution in [1.29, 1.82) is 0 Å². The summed E-state index contributed by atoms with van der Waals surface area (Å²) in [7, 11) is -2.75. The Labute approximate surface area is 407 Å². The number of ether oxygens (including phenoxy) is 8. The van der Waals surface area contributed by atoms with E-state index in [0.717, 1.165) is 40.3 Å². The molecule has 70 heavy (non-hydrogen) atoms. The number of carbonyl (C=O) groups excluding carboxylic acids is 3. The third-order valence-electron chi connectivity index (χ3n) is 13.1. The average molecular weight is 978 g/mol. The quantitative estimate of drug-likeness (QED) is 0.0259. The first-order valence-electron chi connectivity index (χ1n) is 23.1. The minimum atomic E-state index is -2.75. The van der Waals surface area contributed by atoms with Crippen LogP contribution in [0.15, 0.2) is 119 Å². The van der Waals surface area contributed by atoms with Crippen molar-refractivity contribution in [3.8, 4) is 11.1 Å². The maximum absolute atomic E-state index is 14.3. The van der Waals surface area contributed by atoms with Crippen molar-refractivity contribution in [2.75, 3.05) is 13.2 Å². The summed E-state index contributed by atoms with van der Waals surface area (Å²) in [6.45, 7) is 12.6. The number of nitrogens with zero attached hydrogens (tertiary/aromatic N) is 6. The van der Waals surface area contributed by atoms with Gasteiger partial charge < -0.3 is 47.6 Å². The van der Waals surface area contributed by atoms with E-state index in [1.807, 2.05) is 119 Å². The van der Waals surface area contributed by atoms with Crippen LogP contribution in [0.2, 0.25) is 18.1 Å². The fourth-order valence-electron chi connectivity index (χ4n) is 8.57. The van der Waals surface area contributed by atoms with E-state index in [1.54, 1.807) is 31.2 Å². The molecule has 2 saturated heterocycles. The number of rotatable bonds is 17. The Morgan fingerprint density at radius 2 is 1.26 bits per heavy atom. The highest BCUT2D eigenvalue weighted by Gasteiger charge is 2.56. The van der Waals surface area contributed by atoms with Gasteiger partial charge in [-0.1, -0.05) is 140 Å². The summed E-state index contributed by atoms with van der Waals surface area (Å²) in [5.41, 5.74) is 25.7. The standard InChI is InChI=1S/C50H59N7O12Si/c1-30-40(53-48(59)62-27-33-20-12-9-13-21-33)44(65-31(2)58)41(54-56-51)46(64-30)67-43-39(29-61-26-32-18-10-8-11-19-32)66-47(69-70(6,7)50(3,4)5)42(55-57-52)45(43)68-49(60)63-28-38-36-24-16-14-22-34(36)35-23-15-17-25-37(35)38/h8-25,30,38-47H,26-29H2,1-7H3,(H,53,59)/t30-,39-,40+,41-,42-,43+,44+,45-,46-,47+/m1/s1. The first-order chi connectivity index (χ1) is 33.6. The van der Waals surface area contributed by atoms with E-state index in [4.69, 9.17) is 42.3 Å². The highest BCUT2D eigenvalue weighted by Crippen LogP contribution is 2.45. The number of benzene rings is 4. The van der Waals surface area contributed by atoms with Crippen LogP contribution in [-0.4, -0.2) is 101 Å². The molecule has 10 atom stereocenters. The van der Waals surface area contributed by atoms with Crippen molar-refractivity contribution >= 4 is 26.5 Å². The van der Waals surface area contributed by atoms with Crippen LogP contribution < -0.4 is 5.32 Å². The number of hydrogen-bond acceptors (Lipinski definition) is 14. The fraction of sp³-hybridized carbons (Fsp3) is 0.460. The van der Waals surface area contributed by atoms with Gasteiger partial charge in [-0.15, -0.1) is 0 Å². The molecular formula is C50H59N7O12Si. The molecule has 2 fully saturated rings. The monoisotopic (exact) mass is 977 g/mol. The lowest BCUT2D eigenvalue weighted by atomic mass is 9.94. The lowest BCUT2D eigenvalue weighted by molar-refractivity contribution is -0.312. The largest absolute Gasteiger partial charge is 0.508 e. The summed E-state index contributed by atoms with van der Waals surface area (Å²) in [6.07, 6.45) is -11.3. The zero-order chi connectivity index (χ0) is 50.0. The summed E-state index contributed by atoms with van der Waals surface area (Å²) in [5, 5.41) is 10.4. The number of esters is 1. The van der Waals surface area contributed by atoms with Gasteiger partial charge in [0.25, 0.3) is 0 Å². The van der Waals surface area contributed by atoms with Crippen LogP contribution in [0, 0.1) is 0 Å². The van der Waals surface area contributed by atoms with Gasteiger partial charge in [-0.05, 0) is 69.5 Å². The molecule has 0 saturated carbocycles. The van der Waals surface area contributed by atoms with Crippen LogP contribution in [0.3, 0.4) is 0 Å². The molecule has 7 rings (SSSR count). The first kappa shape index (κ1) is 51.4. The van der Waals surface area contributed by atoms with Crippen molar-refractivity contribution < 1.29 is 56.7 Å². The van der Waals surface area contributed by atoms with Gasteiger partial charge in [0.15, 0.2) is 20.9 Å². The van der Waals surface area contributed by atoms with Crippen LogP contribution in [0.1, 0.15) is 62.8 Å². The molecule has 19 nitrogen and oxygen atoms in total. The second-order valence-corrected chi connectivity index (χ2v) is 23.6. The van der Waals surface area contributed by atoms with Crippen LogP contribution in [-0.2, 0) is 60.3 Å². The number of alkyl carbamates (subject to hydrolysis) is 1. The molecular weight excluding hydrogens is 919 g/mol. The predicted molar refractivity (Wildman–Crippen MR) is 257 cm³/mol. The van der Waals surface area contributed by atoms with Crippen molar-refractivity contribution in [2.45, 2.75) is 133 Å². The topological polar surface area (TPSA) is 244 Å². The normalized spacial score (nSPS) is 25.2. The van der Waals surface area contributed by atoms with E-state index in [-0.39, 0.29) is 37.4 Å². The van der Waals surface area contributed by atoms with Crippen LogP contribution in [0.25, 0.3) is 32.0 Å². The Morgan fingerprint density at radius 1 is 0.700 bits per heavy atom. The number of carbonyl (C=O) groups is 3. The second-order valence-electron chi connectivity index (χ2n) is 18.8. The zero-order valence-corrected chi connectivity index (χ0v) is 41.2. The molecule has 3 aliphatic rings. The Morgan fingerprint density at radius 3 is 1.83 bits per heavy atom. The molecule has 1 amide bonds. The predicted octanol–water partition coefficient (Wildman–Crippen LogP) is 10.00. The van der Waals surface area contributed by atoms with Gasteiger partial charge >= 0.3 is 18.2 Å². The molecule has 0 bridgehead atoms. The lowest BCUT2D eigenvalue weighted by Gasteiger charge is -2.50. The highest BCUT2D eigenvalue weighted by atomic mass is 28.4. The molecule has 0 radical (unpaired) electrons. The third-order valence-corrected chi connectivity index (χ3v) is 17.5. The lowest BCUT2D eigenvalue weighted by Crippen LogP contribution is -2.67. The van der Waals surface area contributed by atoms with Gasteiger partial charge in [0.2, 0.25) is 0 Å². The van der Waals surface area contributed by atoms with Gasteiger partial charge in [-0.2, -0.15) is 0 Å². The van der Waals surface area contributed by atoms with E-state index < -0.39 is 87.8 Å². The molecule has 1 N–H and O–H groups in total. The summed E-state index contributed by atoms with van der Waals surface area (Å²) in [5.74, 6) is -1.08. The Hall–Kier alpha value is -6.47. The van der Waals surface area contributed by atoms with E-state index in [2.05, 4.69) is 25.4 Å². The molecule has 2 aliphatic heterocycles. The maximum atomic E-state index is 14.3. The molecule has 0 spiro atoms. The zero-order valence-electron chi connectivity index (χ0n) is 40.2. The van der Waals surface area contributed by atoms with E-state index in [9.17, 15) is 25.4 Å². The van der Waals surface area contributed by atoms with Crippen molar-refractivity contribution in [3.05, 3.63) is 152 Å². The van der Waals surface area contributed by atoms with E-state index >= 15 is 0 Å². The number of amides is 1. The van der Waals surface area contributed by atoms with Crippen LogP contribution >= 0.6 is 0 Å². The number of hydrogen-bond donors (Lipinski definition) is 1. The van der Waals surface area contributed by atoms with E-state index in [1.165, 1.54) is 0 Å². The van der Waals surface area contributed by atoms with Gasteiger partial charge in [0.05, 0.1) is 25.4 Å². The minimum Gasteiger partial charge on any atom is -0.460 e. The molecule has 370 valence electrons. The minimum absolute atomic E-state index is 0.0642. The SMILES string of the molecule is CC(=O)O[C@@H]1[C@@H](N=[N+]=[N-])[C@@H](O[C@@H]2[C@H](OC(=O)OCC3c4ccccc4-c4ccccc43)[C@@H](N=[N+]=[N-])[C@H](O[Si](C)(C)C(C)(C)C)O[C@@H]2COCc2ccccc2)O[C@H](C)[C@@H]1NC(=O)OCc1ccccc1. The summed E-state index contributed by atoms with van der Waals surface area (Å²) >= 11 is 0. The molecule has 0 aromatic heterocycles. The second kappa shape index (κ2) is 23.0. The summed E-state index contributed by atoms with van der Waals surface area (Å²) in [4.78, 5) is 46.5. The van der Waals surface area contributed by atoms with Gasteiger partial charge in [0.1, 0.15) is 49.7 Å². The van der Waals surface area contributed by atoms with Gasteiger partial charge in [0, 0.05) is 22.7 Å². The van der Waals surface area contributed by atoms with Gasteiger partial charge in [-0.25, -0.2) is 9.59 Å². The van der Waals surface area contributed by atoms with Gasteiger partial charge in [-0.3, -0.25) is 4.79 Å². The highest BCUT2D eigenvalue weighted by molar-refractivity contribution is 6.74. The first-order valence-corrected chi connectivity index (χ1v) is 26.0. The molecule has 4 aromatic rings. The summed E-state index contributed by atoms with van der Waals surface area (Å²) in [6, 6.07) is 30.2. The number of nitrogens with one attached hydrogen (secondary N) is 1. The van der Waals surface area contributed by atoms with Crippen LogP contribution in [0.4, 0.5) is 9.59 Å². The Bertz CT molecular complexity index is 2490. The maximum Gasteiger partial charge on any atom is 0.508 e. The fourth-order valence-corrected chi connectivity index (χ4v) is 9.70. The number of fused-ring (bicyclic) bond motifs is 3. The smallest absolute Gasteiger partial charge is 0.460 e. The van der Waals surface area contributed by atoms with Crippen molar-refractivity contribution in [3.63, 3.8) is 0 Å². The molecule has 2 heterocycles. The number of azide groups is 2. The average Bonchev–Trinajstić information content (AvgIpc) is 3.65. The molecule has 1 aliphatic carbocycles. The summed E-state index contributed by atoms with van der Waals surface area (Å²) < 4.78 is 56.4. The van der Waals surface area contributed by atoms with Crippen molar-refractivity contribution in [2.24, 2.45) is 10.2 Å². The third kappa shape index (κ3) is 12.3. The molecule has 4 aromatic carbocycles. The van der Waals surface area contributed by atoms with Crippen LogP contribution in [0.5, 0.6) is 0 Å². The Kier molecular flexibility index (Phi) is 16.9. The molecule has 0 unspecified atom stereocenters. The van der Waals surface area contributed by atoms with E-state index in [0.29, 0.717) is 0 Å².